The first-order valence-electron chi connectivity index (χ1n) is 12.5. The standard InChI is InChI=1S/C31H28F2N2O3/c1-18-27(30(37)35-24-13-12-20(32)15-23(24)33)28(29-25(34-18)16-31(2,3)17-26(29)36)19-8-7-11-22(14-19)38-21-9-5-4-6-10-21/h4-15,27-28H,16-17H2,1-3H3,(H,35,37)/t27?,28-/m0/s1. The maximum absolute atomic E-state index is 14.4. The van der Waals surface area contributed by atoms with E-state index < -0.39 is 29.4 Å². The molecule has 1 amide bonds. The number of nitrogens with one attached hydrogen (secondary N) is 1. The lowest BCUT2D eigenvalue weighted by Gasteiger charge is -2.39. The number of allylic oxidation sites excluding steroid dienone is 2. The molecular weight excluding hydrogens is 486 g/mol. The van der Waals surface area contributed by atoms with Crippen molar-refractivity contribution in [1.29, 1.82) is 0 Å². The van der Waals surface area contributed by atoms with Crippen LogP contribution in [0.5, 0.6) is 11.5 Å². The number of ether oxygens (including phenoxy) is 1. The highest BCUT2D eigenvalue weighted by molar-refractivity contribution is 6.13. The molecule has 7 heteroatoms. The first-order valence-corrected chi connectivity index (χ1v) is 12.5. The van der Waals surface area contributed by atoms with E-state index in [0.717, 1.165) is 6.07 Å². The Hall–Kier alpha value is -4.13. The van der Waals surface area contributed by atoms with Crippen LogP contribution in [0.2, 0.25) is 0 Å². The normalized spacial score (nSPS) is 20.4. The van der Waals surface area contributed by atoms with Crippen molar-refractivity contribution in [1.82, 2.24) is 0 Å². The Kier molecular flexibility index (Phi) is 6.69. The molecule has 1 unspecified atom stereocenters. The number of benzene rings is 3. The number of hydrogen-bond donors (Lipinski definition) is 1. The molecular formula is C31H28F2N2O3. The molecule has 3 aromatic rings. The fourth-order valence-electron chi connectivity index (χ4n) is 5.34. The molecule has 2 atom stereocenters. The Morgan fingerprint density at radius 1 is 0.974 bits per heavy atom. The van der Waals surface area contributed by atoms with Gasteiger partial charge in [-0.3, -0.25) is 14.6 Å². The second kappa shape index (κ2) is 9.97. The monoisotopic (exact) mass is 514 g/mol. The van der Waals surface area contributed by atoms with Crippen LogP contribution in [0.4, 0.5) is 14.5 Å². The van der Waals surface area contributed by atoms with E-state index in [2.05, 4.69) is 5.32 Å². The van der Waals surface area contributed by atoms with Crippen LogP contribution in [-0.4, -0.2) is 17.4 Å². The van der Waals surface area contributed by atoms with Crippen molar-refractivity contribution in [2.75, 3.05) is 5.32 Å². The van der Waals surface area contributed by atoms with Crippen LogP contribution < -0.4 is 10.1 Å². The highest BCUT2D eigenvalue weighted by atomic mass is 19.1. The van der Waals surface area contributed by atoms with Gasteiger partial charge in [-0.2, -0.15) is 0 Å². The number of hydrogen-bond acceptors (Lipinski definition) is 4. The van der Waals surface area contributed by atoms with Crippen molar-refractivity contribution in [2.24, 2.45) is 16.3 Å². The Labute approximate surface area is 220 Å². The third-order valence-corrected chi connectivity index (χ3v) is 6.97. The average molecular weight is 515 g/mol. The van der Waals surface area contributed by atoms with Crippen molar-refractivity contribution in [3.05, 3.63) is 101 Å². The number of amides is 1. The molecule has 1 aliphatic heterocycles. The molecule has 0 saturated carbocycles. The minimum absolute atomic E-state index is 0.0577. The van der Waals surface area contributed by atoms with Crippen molar-refractivity contribution in [2.45, 2.75) is 39.5 Å². The summed E-state index contributed by atoms with van der Waals surface area (Å²) in [7, 11) is 0. The van der Waals surface area contributed by atoms with Crippen LogP contribution in [0.3, 0.4) is 0 Å². The largest absolute Gasteiger partial charge is 0.457 e. The Morgan fingerprint density at radius 2 is 1.71 bits per heavy atom. The van der Waals surface area contributed by atoms with Gasteiger partial charge in [-0.15, -0.1) is 0 Å². The molecule has 1 aliphatic carbocycles. The highest BCUT2D eigenvalue weighted by Gasteiger charge is 2.45. The predicted octanol–water partition coefficient (Wildman–Crippen LogP) is 7.21. The maximum Gasteiger partial charge on any atom is 0.234 e. The number of para-hydroxylation sites is 1. The zero-order valence-electron chi connectivity index (χ0n) is 21.4. The lowest BCUT2D eigenvalue weighted by Crippen LogP contribution is -2.41. The molecule has 38 heavy (non-hydrogen) atoms. The third-order valence-electron chi connectivity index (χ3n) is 6.97. The van der Waals surface area contributed by atoms with Gasteiger partial charge in [0.15, 0.2) is 5.78 Å². The van der Waals surface area contributed by atoms with E-state index in [0.29, 0.717) is 53.0 Å². The number of halogens is 2. The number of carbonyl (C=O) groups excluding carboxylic acids is 2. The Balaban J connectivity index is 1.57. The highest BCUT2D eigenvalue weighted by Crippen LogP contribution is 2.48. The molecule has 5 rings (SSSR count). The number of anilines is 1. The molecule has 2 aliphatic rings. The second-order valence-corrected chi connectivity index (χ2v) is 10.6. The van der Waals surface area contributed by atoms with Crippen LogP contribution in [-0.2, 0) is 9.59 Å². The molecule has 0 radical (unpaired) electrons. The van der Waals surface area contributed by atoms with Crippen molar-refractivity contribution in [3.8, 4) is 11.5 Å². The Bertz CT molecular complexity index is 1480. The second-order valence-electron chi connectivity index (χ2n) is 10.6. The van der Waals surface area contributed by atoms with Gasteiger partial charge in [0.05, 0.1) is 11.6 Å². The van der Waals surface area contributed by atoms with Gasteiger partial charge in [0.2, 0.25) is 5.91 Å². The van der Waals surface area contributed by atoms with Gasteiger partial charge in [-0.05, 0) is 60.7 Å². The van der Waals surface area contributed by atoms with Crippen LogP contribution in [0.15, 0.2) is 89.1 Å². The van der Waals surface area contributed by atoms with Crippen molar-refractivity contribution >= 4 is 23.1 Å². The zero-order chi connectivity index (χ0) is 27.0. The summed E-state index contributed by atoms with van der Waals surface area (Å²) < 4.78 is 33.9. The number of carbonyl (C=O) groups is 2. The molecule has 194 valence electrons. The number of aliphatic imine (C=N–C) groups is 1. The maximum atomic E-state index is 14.4. The summed E-state index contributed by atoms with van der Waals surface area (Å²) in [6, 6.07) is 19.6. The van der Waals surface area contributed by atoms with E-state index in [1.807, 2.05) is 68.4 Å². The van der Waals surface area contributed by atoms with E-state index in [1.165, 1.54) is 6.07 Å². The number of ketones is 1. The summed E-state index contributed by atoms with van der Waals surface area (Å²) >= 11 is 0. The third kappa shape index (κ3) is 5.14. The van der Waals surface area contributed by atoms with Gasteiger partial charge in [0.25, 0.3) is 0 Å². The van der Waals surface area contributed by atoms with Crippen molar-refractivity contribution in [3.63, 3.8) is 0 Å². The summed E-state index contributed by atoms with van der Waals surface area (Å²) in [4.78, 5) is 31.9. The van der Waals surface area contributed by atoms with Gasteiger partial charge in [-0.25, -0.2) is 8.78 Å². The van der Waals surface area contributed by atoms with E-state index in [9.17, 15) is 18.4 Å². The van der Waals surface area contributed by atoms with E-state index >= 15 is 0 Å². The quantitative estimate of drug-likeness (QED) is 0.391. The topological polar surface area (TPSA) is 67.8 Å². The summed E-state index contributed by atoms with van der Waals surface area (Å²) in [5.74, 6) is -2.52. The molecule has 3 aromatic carbocycles. The van der Waals surface area contributed by atoms with Gasteiger partial charge in [0, 0.05) is 35.4 Å². The molecule has 0 saturated heterocycles. The van der Waals surface area contributed by atoms with E-state index in [4.69, 9.17) is 9.73 Å². The number of rotatable bonds is 5. The fraction of sp³-hybridized carbons (Fsp3) is 0.258. The van der Waals surface area contributed by atoms with Gasteiger partial charge in [-0.1, -0.05) is 44.2 Å². The Morgan fingerprint density at radius 3 is 2.45 bits per heavy atom. The molecule has 1 N–H and O–H groups in total. The van der Waals surface area contributed by atoms with Crippen LogP contribution in [0, 0.1) is 23.0 Å². The molecule has 1 heterocycles. The summed E-state index contributed by atoms with van der Waals surface area (Å²) in [6.07, 6.45) is 0.932. The van der Waals surface area contributed by atoms with Crippen molar-refractivity contribution < 1.29 is 23.1 Å². The molecule has 0 spiro atoms. The first kappa shape index (κ1) is 25.5. The lowest BCUT2D eigenvalue weighted by atomic mass is 9.66. The number of Topliss-reactive ketones (excluding diaryl/α,β-unsaturated/α-hetero) is 1. The molecule has 0 aromatic heterocycles. The van der Waals surface area contributed by atoms with E-state index in [1.54, 1.807) is 6.92 Å². The minimum atomic E-state index is -0.881. The van der Waals surface area contributed by atoms with Crippen LogP contribution >= 0.6 is 0 Å². The van der Waals surface area contributed by atoms with Crippen LogP contribution in [0.1, 0.15) is 45.1 Å². The summed E-state index contributed by atoms with van der Waals surface area (Å²) in [6.45, 7) is 5.80. The average Bonchev–Trinajstić information content (AvgIpc) is 2.85. The zero-order valence-corrected chi connectivity index (χ0v) is 21.4. The lowest BCUT2D eigenvalue weighted by molar-refractivity contribution is -0.119. The van der Waals surface area contributed by atoms with Gasteiger partial charge >= 0.3 is 0 Å². The smallest absolute Gasteiger partial charge is 0.234 e. The number of nitrogens with zero attached hydrogens (tertiary/aromatic N) is 1. The van der Waals surface area contributed by atoms with Gasteiger partial charge in [0.1, 0.15) is 23.1 Å². The minimum Gasteiger partial charge on any atom is -0.457 e. The SMILES string of the molecule is CC1=NC2=C(C(=O)CC(C)(C)C2)[C@@H](c2cccc(Oc3ccccc3)c2)C1C(=O)Nc1ccc(F)cc1F. The van der Waals surface area contributed by atoms with Gasteiger partial charge < -0.3 is 10.1 Å². The predicted molar refractivity (Wildman–Crippen MR) is 142 cm³/mol. The molecule has 0 fully saturated rings. The summed E-state index contributed by atoms with van der Waals surface area (Å²) in [5.41, 5.74) is 2.03. The molecule has 5 nitrogen and oxygen atoms in total. The first-order chi connectivity index (χ1) is 18.1. The van der Waals surface area contributed by atoms with E-state index in [-0.39, 0.29) is 16.9 Å². The van der Waals surface area contributed by atoms with Crippen LogP contribution in [0.25, 0.3) is 0 Å². The fourth-order valence-corrected chi connectivity index (χ4v) is 5.34. The summed E-state index contributed by atoms with van der Waals surface area (Å²) in [5, 5.41) is 2.59. The molecule has 0 bridgehead atoms.